The van der Waals surface area contributed by atoms with Gasteiger partial charge in [-0.1, -0.05) is 5.16 Å². The number of hydrogen-bond donors (Lipinski definition) is 1. The van der Waals surface area contributed by atoms with Crippen molar-refractivity contribution in [3.8, 4) is 0 Å². The highest BCUT2D eigenvalue weighted by atomic mass is 16.4. The van der Waals surface area contributed by atoms with Crippen molar-refractivity contribution >= 4 is 17.2 Å². The normalized spacial score (nSPS) is 16.5. The lowest BCUT2D eigenvalue weighted by atomic mass is 10.1. The van der Waals surface area contributed by atoms with E-state index in [1.165, 1.54) is 0 Å². The van der Waals surface area contributed by atoms with Gasteiger partial charge in [-0.15, -0.1) is 5.10 Å². The fraction of sp³-hybridized carbons (Fsp3) is 0.444. The number of aromatic nitrogens is 5. The van der Waals surface area contributed by atoms with E-state index in [1.807, 2.05) is 0 Å². The summed E-state index contributed by atoms with van der Waals surface area (Å²) in [5, 5.41) is 23.4. The molecule has 3 heterocycles. The molecular formula is C9H11N7O. The summed E-state index contributed by atoms with van der Waals surface area (Å²) in [6.07, 6.45) is 4.85. The molecule has 17 heavy (non-hydrogen) atoms. The van der Waals surface area contributed by atoms with E-state index in [9.17, 15) is 0 Å². The van der Waals surface area contributed by atoms with Gasteiger partial charge in [0.25, 0.3) is 0 Å². The van der Waals surface area contributed by atoms with Crippen LogP contribution in [-0.2, 0) is 0 Å². The lowest BCUT2D eigenvalue weighted by molar-refractivity contribution is 0.315. The first-order valence-corrected chi connectivity index (χ1v) is 5.35. The molecule has 0 spiro atoms. The van der Waals surface area contributed by atoms with Crippen molar-refractivity contribution in [3.63, 3.8) is 0 Å². The van der Waals surface area contributed by atoms with Crippen molar-refractivity contribution in [3.05, 3.63) is 12.4 Å². The molecule has 1 aliphatic heterocycles. The van der Waals surface area contributed by atoms with Crippen LogP contribution < -0.4 is 4.90 Å². The third-order valence-electron chi connectivity index (χ3n) is 2.90. The van der Waals surface area contributed by atoms with Gasteiger partial charge in [-0.25, -0.2) is 0 Å². The number of rotatable bonds is 1. The monoisotopic (exact) mass is 233 g/mol. The largest absolute Gasteiger partial charge is 0.411 e. The van der Waals surface area contributed by atoms with Gasteiger partial charge in [-0.05, 0) is 10.4 Å². The highest BCUT2D eigenvalue weighted by Gasteiger charge is 2.18. The van der Waals surface area contributed by atoms with Gasteiger partial charge in [-0.2, -0.15) is 4.52 Å². The second kappa shape index (κ2) is 3.96. The topological polar surface area (TPSA) is 91.8 Å². The van der Waals surface area contributed by atoms with Crippen molar-refractivity contribution in [2.45, 2.75) is 12.8 Å². The van der Waals surface area contributed by atoms with E-state index in [-0.39, 0.29) is 0 Å². The minimum absolute atomic E-state index is 0.629. The Hall–Kier alpha value is -2.25. The molecule has 8 nitrogen and oxygen atoms in total. The molecule has 0 atom stereocenters. The van der Waals surface area contributed by atoms with E-state index >= 15 is 0 Å². The van der Waals surface area contributed by atoms with Crippen LogP contribution in [0.25, 0.3) is 5.65 Å². The van der Waals surface area contributed by atoms with Crippen LogP contribution in [-0.4, -0.2) is 49.0 Å². The molecule has 2 aromatic heterocycles. The smallest absolute Gasteiger partial charge is 0.199 e. The molecule has 0 saturated carbocycles. The first-order chi connectivity index (χ1) is 8.38. The van der Waals surface area contributed by atoms with E-state index in [2.05, 4.69) is 30.6 Å². The van der Waals surface area contributed by atoms with Gasteiger partial charge in [0.2, 0.25) is 0 Å². The standard InChI is InChI=1S/C9H11N7O/c17-12-7-1-3-15(4-2-7)9-6-10-5-8-11-13-14-16(8)9/h5-6,17H,1-4H2. The maximum atomic E-state index is 8.71. The van der Waals surface area contributed by atoms with Crippen molar-refractivity contribution in [2.24, 2.45) is 5.16 Å². The van der Waals surface area contributed by atoms with Gasteiger partial charge in [0.05, 0.1) is 18.1 Å². The number of anilines is 1. The number of nitrogens with zero attached hydrogens (tertiary/aromatic N) is 7. The maximum absolute atomic E-state index is 8.71. The number of tetrazole rings is 1. The zero-order valence-electron chi connectivity index (χ0n) is 9.06. The molecule has 0 aliphatic carbocycles. The summed E-state index contributed by atoms with van der Waals surface area (Å²) in [7, 11) is 0. The van der Waals surface area contributed by atoms with Crippen LogP contribution in [0.5, 0.6) is 0 Å². The Bertz CT molecular complexity index is 553. The van der Waals surface area contributed by atoms with Crippen LogP contribution in [0, 0.1) is 0 Å². The maximum Gasteiger partial charge on any atom is 0.199 e. The minimum Gasteiger partial charge on any atom is -0.411 e. The zero-order chi connectivity index (χ0) is 11.7. The summed E-state index contributed by atoms with van der Waals surface area (Å²) >= 11 is 0. The Labute approximate surface area is 96.6 Å². The Balaban J connectivity index is 1.92. The van der Waals surface area contributed by atoms with E-state index in [1.54, 1.807) is 16.9 Å². The second-order valence-corrected chi connectivity index (χ2v) is 3.87. The number of fused-ring (bicyclic) bond motifs is 1. The molecule has 0 bridgehead atoms. The molecule has 1 fully saturated rings. The quantitative estimate of drug-likeness (QED) is 0.548. The van der Waals surface area contributed by atoms with Crippen LogP contribution >= 0.6 is 0 Å². The molecule has 1 N–H and O–H groups in total. The predicted molar refractivity (Wildman–Crippen MR) is 59.2 cm³/mol. The van der Waals surface area contributed by atoms with Crippen LogP contribution in [0.3, 0.4) is 0 Å². The molecule has 0 radical (unpaired) electrons. The summed E-state index contributed by atoms with van der Waals surface area (Å²) in [5.41, 5.74) is 1.46. The molecule has 3 rings (SSSR count). The average Bonchev–Trinajstić information content (AvgIpc) is 2.87. The predicted octanol–water partition coefficient (Wildman–Crippen LogP) is -0.0503. The van der Waals surface area contributed by atoms with E-state index in [0.717, 1.165) is 37.5 Å². The van der Waals surface area contributed by atoms with Gasteiger partial charge in [-0.3, -0.25) is 4.98 Å². The Morgan fingerprint density at radius 1 is 1.24 bits per heavy atom. The highest BCUT2D eigenvalue weighted by Crippen LogP contribution is 2.17. The fourth-order valence-corrected chi connectivity index (χ4v) is 1.97. The number of hydrogen-bond acceptors (Lipinski definition) is 7. The van der Waals surface area contributed by atoms with E-state index in [4.69, 9.17) is 5.21 Å². The second-order valence-electron chi connectivity index (χ2n) is 3.87. The first kappa shape index (κ1) is 9.94. The first-order valence-electron chi connectivity index (χ1n) is 5.35. The third-order valence-corrected chi connectivity index (χ3v) is 2.90. The number of piperidine rings is 1. The van der Waals surface area contributed by atoms with Gasteiger partial charge in [0, 0.05) is 25.9 Å². The minimum atomic E-state index is 0.629. The van der Waals surface area contributed by atoms with Gasteiger partial charge in [0.15, 0.2) is 11.5 Å². The molecule has 0 aromatic carbocycles. The molecule has 2 aromatic rings. The van der Waals surface area contributed by atoms with E-state index < -0.39 is 0 Å². The Morgan fingerprint density at radius 3 is 2.82 bits per heavy atom. The molecule has 1 aliphatic rings. The molecule has 1 saturated heterocycles. The average molecular weight is 233 g/mol. The van der Waals surface area contributed by atoms with Crippen LogP contribution in [0.2, 0.25) is 0 Å². The van der Waals surface area contributed by atoms with Gasteiger partial charge in [0.1, 0.15) is 0 Å². The van der Waals surface area contributed by atoms with Crippen molar-refractivity contribution in [1.82, 2.24) is 25.0 Å². The number of oxime groups is 1. The summed E-state index contributed by atoms with van der Waals surface area (Å²) in [6.45, 7) is 1.56. The Kier molecular flexibility index (Phi) is 2.32. The SMILES string of the molecule is ON=C1CCN(c2cncc3nnnn23)CC1. The van der Waals surface area contributed by atoms with Gasteiger partial charge < -0.3 is 10.1 Å². The summed E-state index contributed by atoms with van der Waals surface area (Å²) < 4.78 is 1.66. The lowest BCUT2D eigenvalue weighted by Crippen LogP contribution is -2.35. The Morgan fingerprint density at radius 2 is 2.06 bits per heavy atom. The van der Waals surface area contributed by atoms with Crippen LogP contribution in [0.1, 0.15) is 12.8 Å². The fourth-order valence-electron chi connectivity index (χ4n) is 1.97. The zero-order valence-corrected chi connectivity index (χ0v) is 9.06. The van der Waals surface area contributed by atoms with Crippen LogP contribution in [0.4, 0.5) is 5.82 Å². The van der Waals surface area contributed by atoms with Crippen molar-refractivity contribution in [2.75, 3.05) is 18.0 Å². The van der Waals surface area contributed by atoms with Crippen LogP contribution in [0.15, 0.2) is 17.5 Å². The summed E-state index contributed by atoms with van der Waals surface area (Å²) in [4.78, 5) is 6.24. The van der Waals surface area contributed by atoms with Gasteiger partial charge >= 0.3 is 0 Å². The highest BCUT2D eigenvalue weighted by molar-refractivity contribution is 5.86. The molecule has 88 valence electrons. The summed E-state index contributed by atoms with van der Waals surface area (Å²) in [6, 6.07) is 0. The molecule has 0 amide bonds. The molecule has 8 heteroatoms. The molecular weight excluding hydrogens is 222 g/mol. The molecule has 0 unspecified atom stereocenters. The van der Waals surface area contributed by atoms with E-state index in [0.29, 0.717) is 5.65 Å². The lowest BCUT2D eigenvalue weighted by Gasteiger charge is -2.28. The summed E-state index contributed by atoms with van der Waals surface area (Å²) in [5.74, 6) is 0.865. The third kappa shape index (κ3) is 1.67. The van der Waals surface area contributed by atoms with Crippen molar-refractivity contribution < 1.29 is 5.21 Å². The van der Waals surface area contributed by atoms with Crippen molar-refractivity contribution in [1.29, 1.82) is 0 Å².